The van der Waals surface area contributed by atoms with Gasteiger partial charge in [0.05, 0.1) is 17.7 Å². The normalized spacial score (nSPS) is 12.8. The zero-order valence-corrected chi connectivity index (χ0v) is 16.5. The molecule has 2 amide bonds. The molecule has 0 saturated carbocycles. The van der Waals surface area contributed by atoms with Crippen LogP contribution in [0.4, 0.5) is 11.4 Å². The first-order chi connectivity index (χ1) is 13.5. The largest absolute Gasteiger partial charge is 0.326 e. The molecule has 28 heavy (non-hydrogen) atoms. The van der Waals surface area contributed by atoms with Crippen molar-refractivity contribution in [2.24, 2.45) is 0 Å². The highest BCUT2D eigenvalue weighted by Crippen LogP contribution is 2.41. The van der Waals surface area contributed by atoms with E-state index in [4.69, 9.17) is 0 Å². The van der Waals surface area contributed by atoms with E-state index in [0.29, 0.717) is 17.7 Å². The van der Waals surface area contributed by atoms with E-state index in [9.17, 15) is 9.59 Å². The van der Waals surface area contributed by atoms with Crippen LogP contribution in [-0.2, 0) is 11.2 Å². The molecule has 0 aliphatic carbocycles. The highest BCUT2D eigenvalue weighted by molar-refractivity contribution is 7.99. The summed E-state index contributed by atoms with van der Waals surface area (Å²) >= 11 is 1.57. The first kappa shape index (κ1) is 18.3. The van der Waals surface area contributed by atoms with Crippen molar-refractivity contribution in [1.82, 2.24) is 0 Å². The van der Waals surface area contributed by atoms with Gasteiger partial charge in [-0.2, -0.15) is 0 Å². The molecule has 140 valence electrons. The summed E-state index contributed by atoms with van der Waals surface area (Å²) in [7, 11) is 1.77. The van der Waals surface area contributed by atoms with Crippen LogP contribution in [0.25, 0.3) is 0 Å². The Morgan fingerprint density at radius 1 is 1.00 bits per heavy atom. The van der Waals surface area contributed by atoms with Crippen LogP contribution in [0.5, 0.6) is 0 Å². The van der Waals surface area contributed by atoms with Crippen molar-refractivity contribution >= 4 is 35.0 Å². The second kappa shape index (κ2) is 7.52. The lowest BCUT2D eigenvalue weighted by molar-refractivity contribution is -0.115. The van der Waals surface area contributed by atoms with Crippen molar-refractivity contribution < 1.29 is 9.59 Å². The molecule has 4 nitrogen and oxygen atoms in total. The van der Waals surface area contributed by atoms with Crippen LogP contribution in [0.1, 0.15) is 21.5 Å². The van der Waals surface area contributed by atoms with Gasteiger partial charge in [-0.3, -0.25) is 9.59 Å². The topological polar surface area (TPSA) is 49.4 Å². The van der Waals surface area contributed by atoms with Crippen molar-refractivity contribution in [2.45, 2.75) is 23.1 Å². The van der Waals surface area contributed by atoms with Gasteiger partial charge in [-0.05, 0) is 42.8 Å². The molecule has 1 N–H and O–H groups in total. The van der Waals surface area contributed by atoms with E-state index in [1.165, 1.54) is 5.56 Å². The molecule has 0 fully saturated rings. The summed E-state index contributed by atoms with van der Waals surface area (Å²) in [6.45, 7) is 2.02. The first-order valence-electron chi connectivity index (χ1n) is 9.05. The van der Waals surface area contributed by atoms with Crippen molar-refractivity contribution in [3.8, 4) is 0 Å². The minimum absolute atomic E-state index is 0.0509. The molecule has 4 rings (SSSR count). The summed E-state index contributed by atoms with van der Waals surface area (Å²) in [5, 5.41) is 2.95. The van der Waals surface area contributed by atoms with E-state index in [-0.39, 0.29) is 11.8 Å². The van der Waals surface area contributed by atoms with E-state index < -0.39 is 0 Å². The fourth-order valence-electron chi connectivity index (χ4n) is 3.18. The van der Waals surface area contributed by atoms with Crippen LogP contribution in [0.3, 0.4) is 0 Å². The lowest BCUT2D eigenvalue weighted by Crippen LogP contribution is -2.26. The van der Waals surface area contributed by atoms with E-state index in [1.54, 1.807) is 23.7 Å². The molecule has 3 aromatic carbocycles. The van der Waals surface area contributed by atoms with E-state index in [2.05, 4.69) is 5.32 Å². The Kier molecular flexibility index (Phi) is 4.92. The third-order valence-corrected chi connectivity index (χ3v) is 5.87. The highest BCUT2D eigenvalue weighted by Gasteiger charge is 2.24. The predicted molar refractivity (Wildman–Crippen MR) is 113 cm³/mol. The van der Waals surface area contributed by atoms with Crippen LogP contribution in [0.15, 0.2) is 76.5 Å². The average molecular weight is 388 g/mol. The van der Waals surface area contributed by atoms with Crippen LogP contribution >= 0.6 is 11.8 Å². The number of anilines is 2. The van der Waals surface area contributed by atoms with Gasteiger partial charge in [-0.1, -0.05) is 53.7 Å². The van der Waals surface area contributed by atoms with Gasteiger partial charge >= 0.3 is 0 Å². The van der Waals surface area contributed by atoms with Gasteiger partial charge in [0.1, 0.15) is 0 Å². The molecule has 1 aliphatic rings. The Balaban J connectivity index is 1.56. The number of carbonyl (C=O) groups excluding carboxylic acids is 2. The zero-order valence-electron chi connectivity index (χ0n) is 15.7. The van der Waals surface area contributed by atoms with Gasteiger partial charge in [0.25, 0.3) is 5.91 Å². The van der Waals surface area contributed by atoms with Crippen LogP contribution in [-0.4, -0.2) is 18.9 Å². The SMILES string of the molecule is Cc1ccc(CC(=O)Nc2ccc3c(c2)N(C)C(=O)c2ccccc2S3)cc1. The minimum Gasteiger partial charge on any atom is -0.326 e. The molecular formula is C23H20N2O2S. The van der Waals surface area contributed by atoms with Crippen LogP contribution in [0, 0.1) is 6.92 Å². The van der Waals surface area contributed by atoms with E-state index in [0.717, 1.165) is 21.0 Å². The van der Waals surface area contributed by atoms with Gasteiger partial charge in [-0.15, -0.1) is 0 Å². The smallest absolute Gasteiger partial charge is 0.259 e. The van der Waals surface area contributed by atoms with E-state index in [1.807, 2.05) is 73.7 Å². The Hall–Kier alpha value is -3.05. The van der Waals surface area contributed by atoms with E-state index >= 15 is 0 Å². The van der Waals surface area contributed by atoms with Gasteiger partial charge in [0.2, 0.25) is 5.91 Å². The summed E-state index contributed by atoms with van der Waals surface area (Å²) in [5.74, 6) is -0.132. The summed E-state index contributed by atoms with van der Waals surface area (Å²) in [5.41, 5.74) is 4.30. The molecule has 0 unspecified atom stereocenters. The molecular weight excluding hydrogens is 368 g/mol. The molecule has 0 aromatic heterocycles. The molecule has 3 aromatic rings. The number of nitrogens with one attached hydrogen (secondary N) is 1. The van der Waals surface area contributed by atoms with Crippen molar-refractivity contribution in [3.63, 3.8) is 0 Å². The molecule has 0 atom stereocenters. The standard InChI is InChI=1S/C23H20N2O2S/c1-15-7-9-16(10-8-15)13-22(26)24-17-11-12-21-19(14-17)25(2)23(27)18-5-3-4-6-20(18)28-21/h3-12,14H,13H2,1-2H3,(H,24,26). The van der Waals surface area contributed by atoms with Gasteiger partial charge in [0, 0.05) is 22.5 Å². The Morgan fingerprint density at radius 3 is 2.54 bits per heavy atom. The number of hydrogen-bond donors (Lipinski definition) is 1. The third-order valence-electron chi connectivity index (χ3n) is 4.73. The number of rotatable bonds is 3. The van der Waals surface area contributed by atoms with Crippen molar-refractivity contribution in [2.75, 3.05) is 17.3 Å². The number of nitrogens with zero attached hydrogens (tertiary/aromatic N) is 1. The second-order valence-electron chi connectivity index (χ2n) is 6.86. The van der Waals surface area contributed by atoms with Crippen LogP contribution < -0.4 is 10.2 Å². The maximum absolute atomic E-state index is 12.8. The highest BCUT2D eigenvalue weighted by atomic mass is 32.2. The Morgan fingerprint density at radius 2 is 1.75 bits per heavy atom. The Labute approximate surface area is 168 Å². The lowest BCUT2D eigenvalue weighted by Gasteiger charge is -2.18. The van der Waals surface area contributed by atoms with Gasteiger partial charge in [0.15, 0.2) is 0 Å². The number of benzene rings is 3. The Bertz CT molecular complexity index is 1060. The summed E-state index contributed by atoms with van der Waals surface area (Å²) in [4.78, 5) is 28.8. The summed E-state index contributed by atoms with van der Waals surface area (Å²) in [6.07, 6.45) is 0.312. The fraction of sp³-hybridized carbons (Fsp3) is 0.130. The predicted octanol–water partition coefficient (Wildman–Crippen LogP) is 4.92. The third kappa shape index (κ3) is 3.66. The molecule has 0 spiro atoms. The molecule has 0 radical (unpaired) electrons. The number of carbonyl (C=O) groups is 2. The number of fused-ring (bicyclic) bond motifs is 2. The number of hydrogen-bond acceptors (Lipinski definition) is 3. The monoisotopic (exact) mass is 388 g/mol. The zero-order chi connectivity index (χ0) is 19.7. The summed E-state index contributed by atoms with van der Waals surface area (Å²) < 4.78 is 0. The molecule has 1 heterocycles. The molecule has 0 bridgehead atoms. The van der Waals surface area contributed by atoms with Crippen molar-refractivity contribution in [1.29, 1.82) is 0 Å². The van der Waals surface area contributed by atoms with Gasteiger partial charge < -0.3 is 10.2 Å². The molecule has 5 heteroatoms. The quantitative estimate of drug-likeness (QED) is 0.693. The second-order valence-corrected chi connectivity index (χ2v) is 7.94. The number of amides is 2. The minimum atomic E-state index is -0.0812. The average Bonchev–Trinajstić information content (AvgIpc) is 2.79. The maximum atomic E-state index is 12.8. The molecule has 1 aliphatic heterocycles. The van der Waals surface area contributed by atoms with Crippen molar-refractivity contribution in [3.05, 3.63) is 83.4 Å². The number of aryl methyl sites for hydroxylation is 1. The van der Waals surface area contributed by atoms with Crippen LogP contribution in [0.2, 0.25) is 0 Å². The maximum Gasteiger partial charge on any atom is 0.259 e. The lowest BCUT2D eigenvalue weighted by atomic mass is 10.1. The molecule has 0 saturated heterocycles. The summed E-state index contributed by atoms with van der Waals surface area (Å²) in [6, 6.07) is 21.2. The van der Waals surface area contributed by atoms with Gasteiger partial charge in [-0.25, -0.2) is 0 Å². The fourth-order valence-corrected chi connectivity index (χ4v) is 4.27. The first-order valence-corrected chi connectivity index (χ1v) is 9.87.